The van der Waals surface area contributed by atoms with E-state index in [-0.39, 0.29) is 31.3 Å². The van der Waals surface area contributed by atoms with E-state index in [1.54, 1.807) is 49.6 Å². The summed E-state index contributed by atoms with van der Waals surface area (Å²) in [5.41, 5.74) is 4.56. The highest BCUT2D eigenvalue weighted by atomic mass is 127. The lowest BCUT2D eigenvalue weighted by Crippen LogP contribution is -2.20. The fourth-order valence-electron chi connectivity index (χ4n) is 3.21. The molecule has 0 aliphatic heterocycles. The number of hydrogen-bond donors (Lipinski definition) is 2. The topological polar surface area (TPSA) is 98.2 Å². The zero-order chi connectivity index (χ0) is 27.5. The van der Waals surface area contributed by atoms with Crippen LogP contribution < -0.4 is 25.0 Å². The molecule has 0 aliphatic carbocycles. The highest BCUT2D eigenvalue weighted by molar-refractivity contribution is 14.1. The second-order valence-electron chi connectivity index (χ2n) is 7.86. The molecule has 0 bridgehead atoms. The molecule has 0 atom stereocenters. The van der Waals surface area contributed by atoms with E-state index in [0.717, 1.165) is 9.13 Å². The first-order valence-electron chi connectivity index (χ1n) is 11.6. The molecule has 8 nitrogen and oxygen atoms in total. The van der Waals surface area contributed by atoms with Crippen LogP contribution in [0.3, 0.4) is 0 Å². The highest BCUT2D eigenvalue weighted by Crippen LogP contribution is 2.35. The van der Waals surface area contributed by atoms with Crippen molar-refractivity contribution in [3.8, 4) is 17.2 Å². The number of ether oxygens (including phenoxy) is 3. The van der Waals surface area contributed by atoms with Crippen molar-refractivity contribution in [2.75, 3.05) is 19.0 Å². The van der Waals surface area contributed by atoms with E-state index in [9.17, 15) is 9.59 Å². The van der Waals surface area contributed by atoms with Crippen molar-refractivity contribution in [1.29, 1.82) is 0 Å². The molecule has 0 radical (unpaired) electrons. The molecule has 200 valence electrons. The molecule has 0 saturated heterocycles. The number of halogens is 3. The Balaban J connectivity index is 1.54. The van der Waals surface area contributed by atoms with Crippen molar-refractivity contribution in [2.24, 2.45) is 5.10 Å². The van der Waals surface area contributed by atoms with Crippen molar-refractivity contribution in [1.82, 2.24) is 5.43 Å². The smallest absolute Gasteiger partial charge is 0.240 e. The van der Waals surface area contributed by atoms with Crippen molar-refractivity contribution in [3.05, 3.63) is 79.3 Å². The Morgan fingerprint density at radius 2 is 1.74 bits per heavy atom. The van der Waals surface area contributed by atoms with Crippen molar-refractivity contribution < 1.29 is 23.8 Å². The quantitative estimate of drug-likeness (QED) is 0.131. The Morgan fingerprint density at radius 1 is 1.00 bits per heavy atom. The number of methoxy groups -OCH3 is 1. The van der Waals surface area contributed by atoms with Crippen LogP contribution in [0.1, 0.15) is 30.9 Å². The number of amides is 2. The molecule has 3 aromatic rings. The van der Waals surface area contributed by atoms with Crippen LogP contribution in [0.25, 0.3) is 0 Å². The minimum absolute atomic E-state index is 0.0128. The lowest BCUT2D eigenvalue weighted by atomic mass is 10.2. The van der Waals surface area contributed by atoms with Crippen LogP contribution in [0.4, 0.5) is 5.69 Å². The summed E-state index contributed by atoms with van der Waals surface area (Å²) in [4.78, 5) is 24.3. The number of rotatable bonds is 12. The lowest BCUT2D eigenvalue weighted by Gasteiger charge is -2.15. The van der Waals surface area contributed by atoms with E-state index in [1.807, 2.05) is 19.1 Å². The predicted octanol–water partition coefficient (Wildman–Crippen LogP) is 6.45. The van der Waals surface area contributed by atoms with Gasteiger partial charge in [-0.2, -0.15) is 5.10 Å². The summed E-state index contributed by atoms with van der Waals surface area (Å²) in [5, 5.41) is 7.81. The van der Waals surface area contributed by atoms with Gasteiger partial charge in [-0.05, 0) is 83.6 Å². The minimum Gasteiger partial charge on any atom is -0.497 e. The lowest BCUT2D eigenvalue weighted by molar-refractivity contribution is -0.124. The molecule has 0 spiro atoms. The maximum atomic E-state index is 12.1. The zero-order valence-electron chi connectivity index (χ0n) is 20.7. The predicted molar refractivity (Wildman–Crippen MR) is 158 cm³/mol. The van der Waals surface area contributed by atoms with Gasteiger partial charge in [-0.15, -0.1) is 0 Å². The SMILES string of the molecule is CCOc1cc(C=NNC(=O)CCC(=O)Nc2ccc(OC)cc2)cc(I)c1OCc1ccc(Cl)cc1Cl. The summed E-state index contributed by atoms with van der Waals surface area (Å²) in [6.45, 7) is 2.55. The molecule has 0 fully saturated rings. The minimum atomic E-state index is -0.384. The van der Waals surface area contributed by atoms with E-state index in [2.05, 4.69) is 38.4 Å². The Bertz CT molecular complexity index is 1300. The monoisotopic (exact) mass is 669 g/mol. The largest absolute Gasteiger partial charge is 0.497 e. The number of hydrogen-bond acceptors (Lipinski definition) is 6. The molecular weight excluding hydrogens is 644 g/mol. The standard InChI is InChI=1S/C27H26Cl2IN3O5/c1-3-37-24-13-17(12-23(30)27(24)38-16-18-4-5-19(28)14-22(18)29)15-31-33-26(35)11-10-25(34)32-20-6-8-21(36-2)9-7-20/h4-9,12-15H,3,10-11,16H2,1-2H3,(H,32,34)(H,33,35). The first-order valence-corrected chi connectivity index (χ1v) is 13.4. The average Bonchev–Trinajstić information content (AvgIpc) is 2.88. The third kappa shape index (κ3) is 9.07. The molecule has 38 heavy (non-hydrogen) atoms. The van der Waals surface area contributed by atoms with Crippen LogP contribution in [0.2, 0.25) is 10.0 Å². The number of carbonyl (C=O) groups excluding carboxylic acids is 2. The molecule has 2 N–H and O–H groups in total. The molecule has 0 aromatic heterocycles. The van der Waals surface area contributed by atoms with Crippen molar-refractivity contribution in [2.45, 2.75) is 26.4 Å². The molecule has 2 amide bonds. The van der Waals surface area contributed by atoms with Gasteiger partial charge in [0.2, 0.25) is 11.8 Å². The van der Waals surface area contributed by atoms with E-state index >= 15 is 0 Å². The van der Waals surface area contributed by atoms with Gasteiger partial charge >= 0.3 is 0 Å². The number of nitrogens with zero attached hydrogens (tertiary/aromatic N) is 1. The number of benzene rings is 3. The summed E-state index contributed by atoms with van der Waals surface area (Å²) in [6, 6.07) is 15.8. The van der Waals surface area contributed by atoms with Crippen LogP contribution in [0, 0.1) is 3.57 Å². The Labute approximate surface area is 244 Å². The van der Waals surface area contributed by atoms with Gasteiger partial charge < -0.3 is 19.5 Å². The summed E-state index contributed by atoms with van der Waals surface area (Å²) in [6.07, 6.45) is 1.50. The van der Waals surface area contributed by atoms with Gasteiger partial charge in [-0.3, -0.25) is 9.59 Å². The second kappa shape index (κ2) is 14.8. The van der Waals surface area contributed by atoms with Crippen LogP contribution in [-0.2, 0) is 16.2 Å². The summed E-state index contributed by atoms with van der Waals surface area (Å²) in [5.74, 6) is 1.13. The number of anilines is 1. The summed E-state index contributed by atoms with van der Waals surface area (Å²) >= 11 is 14.4. The van der Waals surface area contributed by atoms with E-state index < -0.39 is 0 Å². The fourth-order valence-corrected chi connectivity index (χ4v) is 4.46. The van der Waals surface area contributed by atoms with Crippen LogP contribution >= 0.6 is 45.8 Å². The summed E-state index contributed by atoms with van der Waals surface area (Å²) < 4.78 is 17.7. The molecule has 3 aromatic carbocycles. The van der Waals surface area contributed by atoms with Crippen LogP contribution in [0.5, 0.6) is 17.2 Å². The van der Waals surface area contributed by atoms with Gasteiger partial charge in [0.05, 0.1) is 23.5 Å². The molecule has 0 saturated carbocycles. The molecule has 0 heterocycles. The first kappa shape index (κ1) is 29.5. The van der Waals surface area contributed by atoms with Crippen LogP contribution in [-0.4, -0.2) is 31.7 Å². The van der Waals surface area contributed by atoms with E-state index in [4.69, 9.17) is 37.4 Å². The molecule has 3 rings (SSSR count). The molecule has 11 heteroatoms. The first-order chi connectivity index (χ1) is 18.3. The Morgan fingerprint density at radius 3 is 2.42 bits per heavy atom. The average molecular weight is 670 g/mol. The number of carbonyl (C=O) groups is 2. The number of hydrazone groups is 1. The van der Waals surface area contributed by atoms with Gasteiger partial charge in [0.15, 0.2) is 11.5 Å². The third-order valence-electron chi connectivity index (χ3n) is 5.07. The Hall–Kier alpha value is -3.02. The van der Waals surface area contributed by atoms with Gasteiger partial charge in [0.1, 0.15) is 12.4 Å². The maximum Gasteiger partial charge on any atom is 0.240 e. The van der Waals surface area contributed by atoms with Gasteiger partial charge in [0, 0.05) is 34.1 Å². The second-order valence-corrected chi connectivity index (χ2v) is 9.86. The normalized spacial score (nSPS) is 10.8. The van der Waals surface area contributed by atoms with E-state index in [1.165, 1.54) is 6.21 Å². The molecular formula is C27H26Cl2IN3O5. The van der Waals surface area contributed by atoms with Crippen molar-refractivity contribution in [3.63, 3.8) is 0 Å². The molecule has 0 unspecified atom stereocenters. The third-order valence-corrected chi connectivity index (χ3v) is 6.46. The number of nitrogens with one attached hydrogen (secondary N) is 2. The highest BCUT2D eigenvalue weighted by Gasteiger charge is 2.13. The van der Waals surface area contributed by atoms with Gasteiger partial charge in [-0.25, -0.2) is 5.43 Å². The molecule has 0 aliphatic rings. The Kier molecular flexibility index (Phi) is 11.5. The summed E-state index contributed by atoms with van der Waals surface area (Å²) in [7, 11) is 1.57. The zero-order valence-corrected chi connectivity index (χ0v) is 24.4. The van der Waals surface area contributed by atoms with E-state index in [0.29, 0.717) is 45.2 Å². The van der Waals surface area contributed by atoms with Gasteiger partial charge in [-0.1, -0.05) is 29.3 Å². The maximum absolute atomic E-state index is 12.1. The fraction of sp³-hybridized carbons (Fsp3) is 0.222. The van der Waals surface area contributed by atoms with Crippen molar-refractivity contribution >= 4 is 69.5 Å². The van der Waals surface area contributed by atoms with Gasteiger partial charge in [0.25, 0.3) is 0 Å². The van der Waals surface area contributed by atoms with Crippen LogP contribution in [0.15, 0.2) is 59.7 Å².